The lowest BCUT2D eigenvalue weighted by Crippen LogP contribution is -2.40. The molecule has 0 saturated carbocycles. The Labute approximate surface area is 122 Å². The van der Waals surface area contributed by atoms with Gasteiger partial charge in [-0.3, -0.25) is 4.52 Å². The molecule has 22 heavy (non-hydrogen) atoms. The molecule has 7 N–H and O–H groups in total. The van der Waals surface area contributed by atoms with Crippen molar-refractivity contribution in [1.29, 1.82) is 0 Å². The highest BCUT2D eigenvalue weighted by Gasteiger charge is 2.41. The van der Waals surface area contributed by atoms with Crippen molar-refractivity contribution >= 4 is 29.8 Å². The van der Waals surface area contributed by atoms with Gasteiger partial charge in [-0.25, -0.2) is 13.7 Å². The number of phosphoric ester groups is 1. The molecule has 5 unspecified atom stereocenters. The fourth-order valence-corrected chi connectivity index (χ4v) is 3.92. The highest BCUT2D eigenvalue weighted by atomic mass is 31.3. The van der Waals surface area contributed by atoms with Gasteiger partial charge in [0.1, 0.15) is 18.3 Å². The van der Waals surface area contributed by atoms with Crippen molar-refractivity contribution in [2.45, 2.75) is 18.3 Å². The largest absolute Gasteiger partial charge is 0.490 e. The van der Waals surface area contributed by atoms with E-state index in [1.54, 1.807) is 0 Å². The standard InChI is InChI=1S/C5H13O14P3/c6-1-3(7)5(9)4(8)2-17-21(13,14)19-22(15,16)18-20(10,11)12/h1,3-5,7-9H,2H2,(H,13,14)(H,15,16)(H2,10,11,12). The van der Waals surface area contributed by atoms with Crippen LogP contribution in [0.15, 0.2) is 0 Å². The minimum atomic E-state index is -5.70. The summed E-state index contributed by atoms with van der Waals surface area (Å²) in [6.45, 7) is -1.25. The average Bonchev–Trinajstić information content (AvgIpc) is 2.29. The number of carbonyl (C=O) groups is 1. The summed E-state index contributed by atoms with van der Waals surface area (Å²) in [6.07, 6.45) is -6.38. The second-order valence-corrected chi connectivity index (χ2v) is 7.99. The summed E-state index contributed by atoms with van der Waals surface area (Å²) in [6, 6.07) is 0. The predicted octanol–water partition coefficient (Wildman–Crippen LogP) is -2.39. The van der Waals surface area contributed by atoms with Gasteiger partial charge in [0.05, 0.1) is 6.61 Å². The van der Waals surface area contributed by atoms with Crippen molar-refractivity contribution in [3.63, 3.8) is 0 Å². The molecule has 0 aliphatic rings. The van der Waals surface area contributed by atoms with Crippen LogP contribution in [0.3, 0.4) is 0 Å². The zero-order chi connectivity index (χ0) is 17.8. The lowest BCUT2D eigenvalue weighted by molar-refractivity contribution is -0.127. The summed E-state index contributed by atoms with van der Waals surface area (Å²) in [4.78, 5) is 44.4. The number of aliphatic hydroxyl groups is 3. The third-order valence-electron chi connectivity index (χ3n) is 1.71. The number of carbonyl (C=O) groups excluding carboxylic acids is 1. The van der Waals surface area contributed by atoms with Crippen LogP contribution in [0.4, 0.5) is 0 Å². The number of rotatable bonds is 10. The third-order valence-corrected chi connectivity index (χ3v) is 5.51. The fraction of sp³-hybridized carbons (Fsp3) is 0.800. The Kier molecular flexibility index (Phi) is 8.16. The molecule has 0 aromatic carbocycles. The molecule has 0 aromatic rings. The monoisotopic (exact) mass is 390 g/mol. The van der Waals surface area contributed by atoms with E-state index in [1.165, 1.54) is 0 Å². The molecule has 0 aliphatic carbocycles. The van der Waals surface area contributed by atoms with Crippen LogP contribution in [0.5, 0.6) is 0 Å². The molecule has 0 aromatic heterocycles. The molecule has 0 fully saturated rings. The van der Waals surface area contributed by atoms with Crippen LogP contribution in [-0.4, -0.2) is 66.1 Å². The van der Waals surface area contributed by atoms with E-state index >= 15 is 0 Å². The Morgan fingerprint density at radius 1 is 0.909 bits per heavy atom. The SMILES string of the molecule is O=CC(O)C(O)C(O)COP(=O)(O)OP(=O)(O)OP(=O)(O)O. The summed E-state index contributed by atoms with van der Waals surface area (Å²) in [7, 11) is -16.7. The van der Waals surface area contributed by atoms with Gasteiger partial charge >= 0.3 is 23.5 Å². The van der Waals surface area contributed by atoms with Gasteiger partial charge in [-0.15, -0.1) is 0 Å². The molecule has 0 radical (unpaired) electrons. The first-order valence-corrected chi connectivity index (χ1v) is 9.49. The van der Waals surface area contributed by atoms with E-state index in [2.05, 4.69) is 13.1 Å². The number of aldehydes is 1. The Balaban J connectivity index is 4.65. The van der Waals surface area contributed by atoms with Gasteiger partial charge in [0.25, 0.3) is 0 Å². The van der Waals surface area contributed by atoms with Crippen LogP contribution in [0.1, 0.15) is 0 Å². The molecule has 0 aliphatic heterocycles. The minimum Gasteiger partial charge on any atom is -0.388 e. The highest BCUT2D eigenvalue weighted by molar-refractivity contribution is 7.66. The van der Waals surface area contributed by atoms with Crippen LogP contribution in [0, 0.1) is 0 Å². The van der Waals surface area contributed by atoms with Crippen LogP contribution >= 0.6 is 23.5 Å². The van der Waals surface area contributed by atoms with Crippen LogP contribution in [-0.2, 0) is 31.6 Å². The second kappa shape index (κ2) is 8.18. The van der Waals surface area contributed by atoms with E-state index in [0.29, 0.717) is 0 Å². The maximum absolute atomic E-state index is 11.2. The number of aliphatic hydroxyl groups excluding tert-OH is 3. The Bertz CT molecular complexity index is 511. The molecule has 132 valence electrons. The molecular weight excluding hydrogens is 377 g/mol. The molecule has 0 saturated heterocycles. The van der Waals surface area contributed by atoms with Crippen LogP contribution in [0.25, 0.3) is 0 Å². The molecule has 5 atom stereocenters. The first kappa shape index (κ1) is 22.0. The topological polar surface area (TPSA) is 238 Å². The quantitative estimate of drug-likeness (QED) is 0.152. The van der Waals surface area contributed by atoms with Gasteiger partial charge in [-0.1, -0.05) is 0 Å². The smallest absolute Gasteiger partial charge is 0.388 e. The molecule has 0 spiro atoms. The van der Waals surface area contributed by atoms with Gasteiger partial charge in [0.2, 0.25) is 0 Å². The van der Waals surface area contributed by atoms with Crippen LogP contribution in [0.2, 0.25) is 0 Å². The second-order valence-electron chi connectivity index (χ2n) is 3.57. The first-order valence-electron chi connectivity index (χ1n) is 4.97. The van der Waals surface area contributed by atoms with Crippen molar-refractivity contribution in [3.8, 4) is 0 Å². The third kappa shape index (κ3) is 9.18. The van der Waals surface area contributed by atoms with E-state index in [1.807, 2.05) is 0 Å². The van der Waals surface area contributed by atoms with Gasteiger partial charge in [-0.2, -0.15) is 8.62 Å². The van der Waals surface area contributed by atoms with Gasteiger partial charge < -0.3 is 39.7 Å². The first-order chi connectivity index (χ1) is 9.69. The van der Waals surface area contributed by atoms with Crippen molar-refractivity contribution in [3.05, 3.63) is 0 Å². The molecule has 0 heterocycles. The van der Waals surface area contributed by atoms with Gasteiger partial charge in [0.15, 0.2) is 6.29 Å². The highest BCUT2D eigenvalue weighted by Crippen LogP contribution is 2.66. The van der Waals surface area contributed by atoms with E-state index < -0.39 is 48.4 Å². The van der Waals surface area contributed by atoms with Crippen molar-refractivity contribution in [2.75, 3.05) is 6.61 Å². The molecule has 0 bridgehead atoms. The Morgan fingerprint density at radius 3 is 1.82 bits per heavy atom. The molecule has 0 rings (SSSR count). The maximum atomic E-state index is 11.2. The van der Waals surface area contributed by atoms with Crippen molar-refractivity contribution in [1.82, 2.24) is 0 Å². The normalized spacial score (nSPS) is 22.1. The fourth-order valence-electron chi connectivity index (χ4n) is 0.881. The van der Waals surface area contributed by atoms with Crippen molar-refractivity contribution in [2.24, 2.45) is 0 Å². The Hall–Kier alpha value is -0.0400. The summed E-state index contributed by atoms with van der Waals surface area (Å²) < 4.78 is 43.1. The minimum absolute atomic E-state index is 0.154. The summed E-state index contributed by atoms with van der Waals surface area (Å²) in [5, 5.41) is 27.2. The summed E-state index contributed by atoms with van der Waals surface area (Å²) in [5.41, 5.74) is 0. The zero-order valence-electron chi connectivity index (χ0n) is 10.3. The molecule has 0 amide bonds. The van der Waals surface area contributed by atoms with E-state index in [0.717, 1.165) is 0 Å². The van der Waals surface area contributed by atoms with Crippen LogP contribution < -0.4 is 0 Å². The lowest BCUT2D eigenvalue weighted by Gasteiger charge is -2.21. The van der Waals surface area contributed by atoms with E-state index in [9.17, 15) is 23.6 Å². The van der Waals surface area contributed by atoms with E-state index in [4.69, 9.17) is 29.8 Å². The predicted molar refractivity (Wildman–Crippen MR) is 63.9 cm³/mol. The number of hydrogen-bond donors (Lipinski definition) is 7. The number of phosphoric acid groups is 3. The maximum Gasteiger partial charge on any atom is 0.490 e. The van der Waals surface area contributed by atoms with Gasteiger partial charge in [0, 0.05) is 0 Å². The summed E-state index contributed by atoms with van der Waals surface area (Å²) in [5.74, 6) is 0. The Morgan fingerprint density at radius 2 is 1.41 bits per heavy atom. The molecular formula is C5H13O14P3. The average molecular weight is 390 g/mol. The van der Waals surface area contributed by atoms with Crippen molar-refractivity contribution < 1.29 is 66.5 Å². The molecule has 14 nitrogen and oxygen atoms in total. The summed E-state index contributed by atoms with van der Waals surface area (Å²) >= 11 is 0. The molecule has 17 heteroatoms. The van der Waals surface area contributed by atoms with E-state index in [-0.39, 0.29) is 6.29 Å². The zero-order valence-corrected chi connectivity index (χ0v) is 13.0. The lowest BCUT2D eigenvalue weighted by atomic mass is 10.1. The number of hydrogen-bond acceptors (Lipinski definition) is 10. The van der Waals surface area contributed by atoms with Gasteiger partial charge in [-0.05, 0) is 0 Å².